The van der Waals surface area contributed by atoms with Crippen LogP contribution in [0.25, 0.3) is 0 Å². The molecular weight excluding hydrogens is 270 g/mol. The molecule has 0 spiro atoms. The molecule has 2 N–H and O–H groups in total. The third kappa shape index (κ3) is 3.97. The zero-order chi connectivity index (χ0) is 15.3. The fourth-order valence-corrected chi connectivity index (χ4v) is 2.89. The van der Waals surface area contributed by atoms with Crippen LogP contribution in [0.2, 0.25) is 0 Å². The van der Waals surface area contributed by atoms with Crippen LogP contribution >= 0.6 is 0 Å². The van der Waals surface area contributed by atoms with Gasteiger partial charge in [0.2, 0.25) is 0 Å². The Bertz CT molecular complexity index is 494. The molecule has 1 unspecified atom stereocenters. The first kappa shape index (κ1) is 15.4. The van der Waals surface area contributed by atoms with Gasteiger partial charge in [0.25, 0.3) is 0 Å². The number of nitrogens with one attached hydrogen (secondary N) is 1. The van der Waals surface area contributed by atoms with Crippen LogP contribution in [0.5, 0.6) is 0 Å². The molecule has 1 aromatic carbocycles. The molecule has 114 valence electrons. The lowest BCUT2D eigenvalue weighted by Gasteiger charge is -2.31. The van der Waals surface area contributed by atoms with Crippen molar-refractivity contribution in [3.63, 3.8) is 0 Å². The number of rotatable bonds is 5. The van der Waals surface area contributed by atoms with Crippen molar-refractivity contribution in [1.82, 2.24) is 5.32 Å². The highest BCUT2D eigenvalue weighted by molar-refractivity contribution is 5.80. The Hall–Kier alpha value is -2.04. The SMILES string of the molecule is CC1(C(NC(=O)OCc2ccccc2)C(=O)O)CCCC1. The van der Waals surface area contributed by atoms with Gasteiger partial charge in [-0.15, -0.1) is 0 Å². The minimum Gasteiger partial charge on any atom is -0.480 e. The Morgan fingerprint density at radius 1 is 1.29 bits per heavy atom. The lowest BCUT2D eigenvalue weighted by molar-refractivity contribution is -0.142. The molecule has 0 aliphatic heterocycles. The van der Waals surface area contributed by atoms with Gasteiger partial charge in [0.15, 0.2) is 0 Å². The second kappa shape index (κ2) is 6.61. The van der Waals surface area contributed by atoms with Crippen LogP contribution < -0.4 is 5.32 Å². The number of benzene rings is 1. The average molecular weight is 291 g/mol. The van der Waals surface area contributed by atoms with Crippen molar-refractivity contribution in [2.24, 2.45) is 5.41 Å². The Balaban J connectivity index is 1.91. The second-order valence-electron chi connectivity index (χ2n) is 5.84. The van der Waals surface area contributed by atoms with Crippen molar-refractivity contribution in [2.45, 2.75) is 45.3 Å². The Kier molecular flexibility index (Phi) is 4.83. The Morgan fingerprint density at radius 2 is 1.90 bits per heavy atom. The number of amides is 1. The van der Waals surface area contributed by atoms with E-state index in [0.717, 1.165) is 31.2 Å². The maximum Gasteiger partial charge on any atom is 0.408 e. The maximum atomic E-state index is 11.8. The number of carboxylic acids is 1. The number of hydrogen-bond donors (Lipinski definition) is 2. The van der Waals surface area contributed by atoms with E-state index in [1.807, 2.05) is 37.3 Å². The van der Waals surface area contributed by atoms with Gasteiger partial charge in [-0.3, -0.25) is 0 Å². The van der Waals surface area contributed by atoms with Crippen LogP contribution in [0.15, 0.2) is 30.3 Å². The van der Waals surface area contributed by atoms with Crippen molar-refractivity contribution in [1.29, 1.82) is 0 Å². The molecular formula is C16H21NO4. The van der Waals surface area contributed by atoms with E-state index in [4.69, 9.17) is 4.74 Å². The van der Waals surface area contributed by atoms with Crippen LogP contribution in [0, 0.1) is 5.41 Å². The number of hydrogen-bond acceptors (Lipinski definition) is 3. The number of carbonyl (C=O) groups is 2. The molecule has 1 saturated carbocycles. The quantitative estimate of drug-likeness (QED) is 0.874. The summed E-state index contributed by atoms with van der Waals surface area (Å²) in [5.41, 5.74) is 0.476. The van der Waals surface area contributed by atoms with Gasteiger partial charge < -0.3 is 15.2 Å². The molecule has 1 aromatic rings. The van der Waals surface area contributed by atoms with Gasteiger partial charge in [0.1, 0.15) is 12.6 Å². The summed E-state index contributed by atoms with van der Waals surface area (Å²) in [6.45, 7) is 2.05. The van der Waals surface area contributed by atoms with E-state index >= 15 is 0 Å². The molecule has 1 atom stereocenters. The topological polar surface area (TPSA) is 75.6 Å². The summed E-state index contributed by atoms with van der Waals surface area (Å²) in [6, 6.07) is 8.39. The normalized spacial score (nSPS) is 18.0. The molecule has 0 bridgehead atoms. The minimum absolute atomic E-state index is 0.135. The van der Waals surface area contributed by atoms with Gasteiger partial charge in [-0.25, -0.2) is 9.59 Å². The first-order chi connectivity index (χ1) is 10.0. The van der Waals surface area contributed by atoms with Crippen LogP contribution in [-0.2, 0) is 16.1 Å². The zero-order valence-electron chi connectivity index (χ0n) is 12.2. The highest BCUT2D eigenvalue weighted by atomic mass is 16.5. The first-order valence-corrected chi connectivity index (χ1v) is 7.21. The molecule has 21 heavy (non-hydrogen) atoms. The van der Waals surface area contributed by atoms with Gasteiger partial charge in [-0.05, 0) is 23.8 Å². The molecule has 1 aliphatic rings. The molecule has 0 aromatic heterocycles. The lowest BCUT2D eigenvalue weighted by Crippen LogP contribution is -2.50. The second-order valence-corrected chi connectivity index (χ2v) is 5.84. The van der Waals surface area contributed by atoms with E-state index in [9.17, 15) is 14.7 Å². The van der Waals surface area contributed by atoms with Gasteiger partial charge >= 0.3 is 12.1 Å². The van der Waals surface area contributed by atoms with Gasteiger partial charge in [-0.1, -0.05) is 50.1 Å². The predicted octanol–water partition coefficient (Wildman–Crippen LogP) is 2.95. The molecule has 1 aliphatic carbocycles. The standard InChI is InChI=1S/C16H21NO4/c1-16(9-5-6-10-16)13(14(18)19)17-15(20)21-11-12-7-3-2-4-8-12/h2-4,7-8,13H,5-6,9-11H2,1H3,(H,17,20)(H,18,19). The molecule has 2 rings (SSSR count). The van der Waals surface area contributed by atoms with E-state index in [2.05, 4.69) is 5.32 Å². The van der Waals surface area contributed by atoms with E-state index in [1.165, 1.54) is 0 Å². The first-order valence-electron chi connectivity index (χ1n) is 7.21. The van der Waals surface area contributed by atoms with E-state index in [-0.39, 0.29) is 6.61 Å². The van der Waals surface area contributed by atoms with Crippen molar-refractivity contribution in [3.05, 3.63) is 35.9 Å². The summed E-state index contributed by atoms with van der Waals surface area (Å²) in [4.78, 5) is 23.3. The van der Waals surface area contributed by atoms with Crippen LogP contribution in [-0.4, -0.2) is 23.2 Å². The minimum atomic E-state index is -1.00. The Morgan fingerprint density at radius 3 is 2.48 bits per heavy atom. The number of carboxylic acid groups (broad SMARTS) is 1. The molecule has 1 fully saturated rings. The van der Waals surface area contributed by atoms with Crippen molar-refractivity contribution >= 4 is 12.1 Å². The third-order valence-corrected chi connectivity index (χ3v) is 4.16. The van der Waals surface area contributed by atoms with Gasteiger partial charge in [0, 0.05) is 0 Å². The summed E-state index contributed by atoms with van der Waals surface area (Å²) in [5.74, 6) is -1.00. The van der Waals surface area contributed by atoms with E-state index < -0.39 is 23.5 Å². The zero-order valence-corrected chi connectivity index (χ0v) is 12.2. The van der Waals surface area contributed by atoms with Crippen molar-refractivity contribution in [2.75, 3.05) is 0 Å². The fraction of sp³-hybridized carbons (Fsp3) is 0.500. The van der Waals surface area contributed by atoms with Crippen LogP contribution in [0.1, 0.15) is 38.2 Å². The van der Waals surface area contributed by atoms with Gasteiger partial charge in [-0.2, -0.15) is 0 Å². The van der Waals surface area contributed by atoms with Gasteiger partial charge in [0.05, 0.1) is 0 Å². The van der Waals surface area contributed by atoms with Crippen molar-refractivity contribution < 1.29 is 19.4 Å². The number of ether oxygens (including phenoxy) is 1. The molecule has 0 radical (unpaired) electrons. The predicted molar refractivity (Wildman–Crippen MR) is 77.8 cm³/mol. The largest absolute Gasteiger partial charge is 0.480 e. The number of carbonyl (C=O) groups excluding carboxylic acids is 1. The Labute approximate surface area is 124 Å². The molecule has 1 amide bonds. The van der Waals surface area contributed by atoms with Crippen LogP contribution in [0.3, 0.4) is 0 Å². The highest BCUT2D eigenvalue weighted by Gasteiger charge is 2.42. The number of alkyl carbamates (subject to hydrolysis) is 1. The summed E-state index contributed by atoms with van der Waals surface area (Å²) in [6.07, 6.45) is 2.94. The molecule has 0 heterocycles. The third-order valence-electron chi connectivity index (χ3n) is 4.16. The maximum absolute atomic E-state index is 11.8. The summed E-state index contributed by atoms with van der Waals surface area (Å²) < 4.78 is 5.10. The van der Waals surface area contributed by atoms with E-state index in [1.54, 1.807) is 0 Å². The average Bonchev–Trinajstić information content (AvgIpc) is 2.91. The van der Waals surface area contributed by atoms with E-state index in [0.29, 0.717) is 0 Å². The monoisotopic (exact) mass is 291 g/mol. The summed E-state index contributed by atoms with van der Waals surface area (Å²) in [7, 11) is 0. The van der Waals surface area contributed by atoms with Crippen molar-refractivity contribution in [3.8, 4) is 0 Å². The molecule has 5 heteroatoms. The fourth-order valence-electron chi connectivity index (χ4n) is 2.89. The lowest BCUT2D eigenvalue weighted by atomic mass is 9.80. The summed E-state index contributed by atoms with van der Waals surface area (Å²) in [5, 5.41) is 11.9. The molecule has 5 nitrogen and oxygen atoms in total. The molecule has 0 saturated heterocycles. The van der Waals surface area contributed by atoms with Crippen LogP contribution in [0.4, 0.5) is 4.79 Å². The summed E-state index contributed by atoms with van der Waals surface area (Å²) >= 11 is 0. The number of aliphatic carboxylic acids is 1. The highest BCUT2D eigenvalue weighted by Crippen LogP contribution is 2.40. The smallest absolute Gasteiger partial charge is 0.408 e.